The van der Waals surface area contributed by atoms with Crippen LogP contribution in [0.25, 0.3) is 10.9 Å². The van der Waals surface area contributed by atoms with Gasteiger partial charge in [-0.1, -0.05) is 11.6 Å². The van der Waals surface area contributed by atoms with Crippen molar-refractivity contribution >= 4 is 40.4 Å². The highest BCUT2D eigenvalue weighted by Crippen LogP contribution is 2.44. The maximum absolute atomic E-state index is 13.3. The van der Waals surface area contributed by atoms with Crippen molar-refractivity contribution in [2.45, 2.75) is 44.2 Å². The van der Waals surface area contributed by atoms with Crippen molar-refractivity contribution in [1.29, 1.82) is 0 Å². The second kappa shape index (κ2) is 8.26. The Labute approximate surface area is 192 Å². The molecule has 32 heavy (non-hydrogen) atoms. The second-order valence-electron chi connectivity index (χ2n) is 8.87. The lowest BCUT2D eigenvalue weighted by Gasteiger charge is -2.26. The number of aliphatic hydroxyl groups is 1. The van der Waals surface area contributed by atoms with E-state index in [1.54, 1.807) is 50.1 Å². The number of amides is 1. The summed E-state index contributed by atoms with van der Waals surface area (Å²) in [6.45, 7) is 3.45. The van der Waals surface area contributed by atoms with Crippen LogP contribution in [0.5, 0.6) is 5.75 Å². The van der Waals surface area contributed by atoms with Gasteiger partial charge in [0.05, 0.1) is 18.4 Å². The Balaban J connectivity index is 1.81. The zero-order chi connectivity index (χ0) is 23.2. The molecular weight excluding hydrogens is 428 g/mol. The first-order valence-corrected chi connectivity index (χ1v) is 10.9. The molecule has 6 nitrogen and oxygen atoms in total. The first kappa shape index (κ1) is 22.4. The van der Waals surface area contributed by atoms with E-state index < -0.39 is 11.5 Å². The fraction of sp³-hybridized carbons (Fsp3) is 0.360. The van der Waals surface area contributed by atoms with E-state index in [4.69, 9.17) is 16.3 Å². The molecule has 2 unspecified atom stereocenters. The first-order valence-electron chi connectivity index (χ1n) is 10.6. The number of ether oxygens (including phenoxy) is 1. The molecular formula is C25H27ClN2O4. The third-order valence-electron chi connectivity index (χ3n) is 6.34. The number of hydrogen-bond acceptors (Lipinski definition) is 4. The molecule has 4 rings (SSSR count). The Kier molecular flexibility index (Phi) is 5.77. The van der Waals surface area contributed by atoms with Crippen LogP contribution >= 0.6 is 11.6 Å². The molecule has 1 amide bonds. The van der Waals surface area contributed by atoms with Crippen LogP contribution in [0.3, 0.4) is 0 Å². The van der Waals surface area contributed by atoms with Crippen LogP contribution in [0, 0.1) is 0 Å². The number of aryl methyl sites for hydroxylation is 1. The van der Waals surface area contributed by atoms with Crippen LogP contribution in [-0.4, -0.2) is 35.0 Å². The van der Waals surface area contributed by atoms with Gasteiger partial charge in [-0.05, 0) is 68.3 Å². The predicted octanol–water partition coefficient (Wildman–Crippen LogP) is 4.55. The molecule has 2 aromatic carbocycles. The maximum atomic E-state index is 13.3. The zero-order valence-electron chi connectivity index (χ0n) is 18.6. The summed E-state index contributed by atoms with van der Waals surface area (Å²) in [6.07, 6.45) is 1.49. The number of benzene rings is 2. The molecule has 0 spiro atoms. The molecule has 1 aliphatic carbocycles. The van der Waals surface area contributed by atoms with Gasteiger partial charge in [-0.15, -0.1) is 0 Å². The van der Waals surface area contributed by atoms with Gasteiger partial charge >= 0.3 is 0 Å². The molecule has 7 heteroatoms. The highest BCUT2D eigenvalue weighted by molar-refractivity contribution is 6.30. The van der Waals surface area contributed by atoms with Gasteiger partial charge in [0, 0.05) is 47.0 Å². The lowest BCUT2D eigenvalue weighted by atomic mass is 9.88. The van der Waals surface area contributed by atoms with E-state index in [0.717, 1.165) is 22.9 Å². The molecule has 0 aliphatic heterocycles. The SMILES string of the molecule is COc1ccc2c(c1)c(C1CC(N(C=O)c3ccc(Cl)cc3)CC1=O)c(C(C)(C)O)n2C. The molecule has 168 valence electrons. The van der Waals surface area contributed by atoms with Gasteiger partial charge in [0.2, 0.25) is 6.41 Å². The molecule has 0 bridgehead atoms. The summed E-state index contributed by atoms with van der Waals surface area (Å²) < 4.78 is 7.37. The van der Waals surface area contributed by atoms with E-state index in [-0.39, 0.29) is 18.2 Å². The van der Waals surface area contributed by atoms with Crippen molar-refractivity contribution in [3.63, 3.8) is 0 Å². The van der Waals surface area contributed by atoms with E-state index in [9.17, 15) is 14.7 Å². The second-order valence-corrected chi connectivity index (χ2v) is 9.30. The number of aromatic nitrogens is 1. The number of methoxy groups -OCH3 is 1. The lowest BCUT2D eigenvalue weighted by molar-refractivity contribution is -0.118. The van der Waals surface area contributed by atoms with Gasteiger partial charge in [-0.3, -0.25) is 9.59 Å². The van der Waals surface area contributed by atoms with Crippen molar-refractivity contribution in [3.05, 3.63) is 58.7 Å². The molecule has 1 heterocycles. The van der Waals surface area contributed by atoms with Gasteiger partial charge in [0.25, 0.3) is 0 Å². The van der Waals surface area contributed by atoms with Gasteiger partial charge < -0.3 is 19.3 Å². The van der Waals surface area contributed by atoms with Crippen molar-refractivity contribution in [3.8, 4) is 5.75 Å². The van der Waals surface area contributed by atoms with E-state index >= 15 is 0 Å². The Bertz CT molecular complexity index is 1180. The fourth-order valence-corrected chi connectivity index (χ4v) is 5.12. The Morgan fingerprint density at radius 2 is 1.91 bits per heavy atom. The summed E-state index contributed by atoms with van der Waals surface area (Å²) in [4.78, 5) is 26.9. The molecule has 1 N–H and O–H groups in total. The number of carbonyl (C=O) groups excluding carboxylic acids is 2. The number of nitrogens with zero attached hydrogens (tertiary/aromatic N) is 2. The number of rotatable bonds is 6. The zero-order valence-corrected chi connectivity index (χ0v) is 19.4. The first-order chi connectivity index (χ1) is 15.2. The van der Waals surface area contributed by atoms with Gasteiger partial charge in [-0.25, -0.2) is 0 Å². The summed E-state index contributed by atoms with van der Waals surface area (Å²) in [5.74, 6) is 0.299. The number of ketones is 1. The van der Waals surface area contributed by atoms with Gasteiger partial charge in [0.1, 0.15) is 11.5 Å². The summed E-state index contributed by atoms with van der Waals surface area (Å²) >= 11 is 5.99. The smallest absolute Gasteiger partial charge is 0.214 e. The van der Waals surface area contributed by atoms with E-state index in [0.29, 0.717) is 28.6 Å². The quantitative estimate of drug-likeness (QED) is 0.555. The number of hydrogen-bond donors (Lipinski definition) is 1. The lowest BCUT2D eigenvalue weighted by Crippen LogP contribution is -2.32. The third kappa shape index (κ3) is 3.78. The summed E-state index contributed by atoms with van der Waals surface area (Å²) in [6, 6.07) is 12.5. The number of Topliss-reactive ketones (excluding diaryl/α,β-unsaturated/α-hetero) is 1. The molecule has 0 radical (unpaired) electrons. The highest BCUT2D eigenvalue weighted by Gasteiger charge is 2.41. The van der Waals surface area contributed by atoms with Crippen LogP contribution in [0.2, 0.25) is 5.02 Å². The summed E-state index contributed by atoms with van der Waals surface area (Å²) in [7, 11) is 3.50. The van der Waals surface area contributed by atoms with Gasteiger partial charge in [0.15, 0.2) is 0 Å². The average Bonchev–Trinajstić information content (AvgIpc) is 3.26. The summed E-state index contributed by atoms with van der Waals surface area (Å²) in [5.41, 5.74) is 1.96. The predicted molar refractivity (Wildman–Crippen MR) is 125 cm³/mol. The average molecular weight is 455 g/mol. The highest BCUT2D eigenvalue weighted by atomic mass is 35.5. The van der Waals surface area contributed by atoms with Crippen LogP contribution in [0.4, 0.5) is 5.69 Å². The third-order valence-corrected chi connectivity index (χ3v) is 6.59. The number of fused-ring (bicyclic) bond motifs is 1. The molecule has 1 fully saturated rings. The number of anilines is 1. The van der Waals surface area contributed by atoms with E-state index in [1.165, 1.54) is 0 Å². The minimum Gasteiger partial charge on any atom is -0.497 e. The standard InChI is InChI=1S/C25H27ClN2O4/c1-25(2,31)24-23(19-13-18(32-4)9-10-21(19)27(24)3)20-11-17(12-22(20)30)28(14-29)16-7-5-15(26)6-8-16/h5-10,13-14,17,20,31H,11-12H2,1-4H3. The molecule has 1 saturated carbocycles. The monoisotopic (exact) mass is 454 g/mol. The van der Waals surface area contributed by atoms with E-state index in [2.05, 4.69) is 0 Å². The van der Waals surface area contributed by atoms with Crippen molar-refractivity contribution in [1.82, 2.24) is 4.57 Å². The van der Waals surface area contributed by atoms with Crippen LogP contribution < -0.4 is 9.64 Å². The minimum absolute atomic E-state index is 0.0524. The topological polar surface area (TPSA) is 71.8 Å². The Hall–Kier alpha value is -2.83. The van der Waals surface area contributed by atoms with Crippen molar-refractivity contribution in [2.24, 2.45) is 7.05 Å². The normalized spacial score (nSPS) is 18.9. The maximum Gasteiger partial charge on any atom is 0.214 e. The molecule has 2 atom stereocenters. The van der Waals surface area contributed by atoms with Crippen LogP contribution in [0.15, 0.2) is 42.5 Å². The number of carbonyl (C=O) groups is 2. The van der Waals surface area contributed by atoms with Crippen LogP contribution in [0.1, 0.15) is 43.9 Å². The number of halogens is 1. The molecule has 0 saturated heterocycles. The molecule has 3 aromatic rings. The van der Waals surface area contributed by atoms with Crippen LogP contribution in [-0.2, 0) is 22.2 Å². The minimum atomic E-state index is -1.16. The van der Waals surface area contributed by atoms with Crippen molar-refractivity contribution < 1.29 is 19.4 Å². The van der Waals surface area contributed by atoms with E-state index in [1.807, 2.05) is 29.8 Å². The van der Waals surface area contributed by atoms with Gasteiger partial charge in [-0.2, -0.15) is 0 Å². The Morgan fingerprint density at radius 3 is 2.50 bits per heavy atom. The van der Waals surface area contributed by atoms with Crippen molar-refractivity contribution in [2.75, 3.05) is 12.0 Å². The molecule has 1 aliphatic rings. The fourth-order valence-electron chi connectivity index (χ4n) is 4.99. The largest absolute Gasteiger partial charge is 0.497 e. The Morgan fingerprint density at radius 1 is 1.22 bits per heavy atom. The summed E-state index contributed by atoms with van der Waals surface area (Å²) in [5, 5.41) is 12.5. The molecule has 1 aromatic heterocycles.